The lowest BCUT2D eigenvalue weighted by Crippen LogP contribution is -2.03. The number of rotatable bonds is 13. The maximum Gasteiger partial charge on any atom is 0.303 e. The lowest BCUT2D eigenvalue weighted by atomic mass is 10.1. The first kappa shape index (κ1) is 22.1. The standard InChI is InChI=1S/C20H30O4/c1-2-3-4-5-6-9-13-18(21)14-10-7-8-11-15-19(22)16-12-17-20(23)24/h3-4,6-11,14-15,18-19,21-22H,2,5,12-13,16-17H2,1H3,(H,23,24)/b4-3-,8-7+,9-6-,14-10+,15-11-/t18-,19-/m1/s1. The number of carboxylic acids is 1. The Labute approximate surface area is 145 Å². The van der Waals surface area contributed by atoms with Crippen LogP contribution in [0, 0.1) is 0 Å². The summed E-state index contributed by atoms with van der Waals surface area (Å²) in [5.74, 6) is -0.845. The minimum atomic E-state index is -0.845. The fourth-order valence-electron chi connectivity index (χ4n) is 1.82. The number of carboxylic acid groups (broad SMARTS) is 1. The van der Waals surface area contributed by atoms with Crippen LogP contribution in [0.25, 0.3) is 0 Å². The fourth-order valence-corrected chi connectivity index (χ4v) is 1.82. The Kier molecular flexibility index (Phi) is 14.7. The average Bonchev–Trinajstić information content (AvgIpc) is 2.53. The molecule has 134 valence electrons. The summed E-state index contributed by atoms with van der Waals surface area (Å²) in [5.41, 5.74) is 0. The Morgan fingerprint density at radius 1 is 0.917 bits per heavy atom. The lowest BCUT2D eigenvalue weighted by molar-refractivity contribution is -0.137. The molecular weight excluding hydrogens is 304 g/mol. The van der Waals surface area contributed by atoms with Crippen LogP contribution in [-0.4, -0.2) is 33.5 Å². The SMILES string of the molecule is CC/C=C\C/C=C\C[C@@H](O)/C=C/C=C/C=C\[C@@H](O)CCCC(=O)O. The number of aliphatic hydroxyl groups is 2. The summed E-state index contributed by atoms with van der Waals surface area (Å²) in [6.07, 6.45) is 20.9. The summed E-state index contributed by atoms with van der Waals surface area (Å²) in [5, 5.41) is 27.8. The number of allylic oxidation sites excluding steroid dienone is 7. The van der Waals surface area contributed by atoms with Crippen molar-refractivity contribution >= 4 is 5.97 Å². The first-order chi connectivity index (χ1) is 11.6. The molecule has 0 spiro atoms. The molecule has 0 saturated heterocycles. The van der Waals surface area contributed by atoms with Crippen molar-refractivity contribution in [3.05, 3.63) is 60.8 Å². The van der Waals surface area contributed by atoms with E-state index < -0.39 is 18.2 Å². The van der Waals surface area contributed by atoms with E-state index in [1.807, 2.05) is 12.2 Å². The van der Waals surface area contributed by atoms with E-state index in [0.29, 0.717) is 19.3 Å². The third-order valence-electron chi connectivity index (χ3n) is 3.11. The predicted octanol–water partition coefficient (Wildman–Crippen LogP) is 3.93. The van der Waals surface area contributed by atoms with Gasteiger partial charge in [-0.1, -0.05) is 67.7 Å². The predicted molar refractivity (Wildman–Crippen MR) is 98.7 cm³/mol. The number of aliphatic hydroxyl groups excluding tert-OH is 2. The van der Waals surface area contributed by atoms with Crippen molar-refractivity contribution in [2.24, 2.45) is 0 Å². The summed E-state index contributed by atoms with van der Waals surface area (Å²) in [7, 11) is 0. The molecule has 0 aliphatic carbocycles. The maximum absolute atomic E-state index is 10.3. The Balaban J connectivity index is 3.87. The summed E-state index contributed by atoms with van der Waals surface area (Å²) in [6.45, 7) is 2.09. The number of carbonyl (C=O) groups is 1. The molecule has 4 heteroatoms. The highest BCUT2D eigenvalue weighted by atomic mass is 16.4. The molecule has 0 unspecified atom stereocenters. The lowest BCUT2D eigenvalue weighted by Gasteiger charge is -2.02. The molecule has 3 N–H and O–H groups in total. The van der Waals surface area contributed by atoms with Crippen molar-refractivity contribution < 1.29 is 20.1 Å². The van der Waals surface area contributed by atoms with Gasteiger partial charge in [0.05, 0.1) is 12.2 Å². The van der Waals surface area contributed by atoms with Gasteiger partial charge in [-0.25, -0.2) is 0 Å². The van der Waals surface area contributed by atoms with E-state index in [0.717, 1.165) is 12.8 Å². The second-order valence-electron chi connectivity index (χ2n) is 5.40. The van der Waals surface area contributed by atoms with Crippen LogP contribution in [0.4, 0.5) is 0 Å². The Hall–Kier alpha value is -1.91. The van der Waals surface area contributed by atoms with Crippen molar-refractivity contribution in [1.82, 2.24) is 0 Å². The van der Waals surface area contributed by atoms with Crippen molar-refractivity contribution in [1.29, 1.82) is 0 Å². The van der Waals surface area contributed by atoms with Gasteiger partial charge in [-0.3, -0.25) is 4.79 Å². The average molecular weight is 334 g/mol. The number of hydrogen-bond donors (Lipinski definition) is 3. The molecule has 0 bridgehead atoms. The highest BCUT2D eigenvalue weighted by Gasteiger charge is 2.01. The Morgan fingerprint density at radius 2 is 1.54 bits per heavy atom. The molecule has 24 heavy (non-hydrogen) atoms. The minimum Gasteiger partial charge on any atom is -0.481 e. The zero-order chi connectivity index (χ0) is 18.0. The van der Waals surface area contributed by atoms with Gasteiger partial charge >= 0.3 is 5.97 Å². The van der Waals surface area contributed by atoms with E-state index >= 15 is 0 Å². The van der Waals surface area contributed by atoms with Crippen LogP contribution < -0.4 is 0 Å². The smallest absolute Gasteiger partial charge is 0.303 e. The van der Waals surface area contributed by atoms with E-state index in [2.05, 4.69) is 19.1 Å². The van der Waals surface area contributed by atoms with E-state index in [1.165, 1.54) is 0 Å². The molecule has 0 amide bonds. The van der Waals surface area contributed by atoms with Crippen molar-refractivity contribution in [2.45, 2.75) is 57.7 Å². The second kappa shape index (κ2) is 16.0. The molecule has 0 rings (SSSR count). The maximum atomic E-state index is 10.3. The molecule has 0 fully saturated rings. The molecule has 0 aromatic rings. The van der Waals surface area contributed by atoms with Gasteiger partial charge in [-0.15, -0.1) is 0 Å². The summed E-state index contributed by atoms with van der Waals surface area (Å²) in [6, 6.07) is 0. The van der Waals surface area contributed by atoms with Crippen molar-refractivity contribution in [3.63, 3.8) is 0 Å². The Bertz CT molecular complexity index is 458. The molecule has 4 nitrogen and oxygen atoms in total. The quantitative estimate of drug-likeness (QED) is 0.352. The van der Waals surface area contributed by atoms with E-state index in [1.54, 1.807) is 36.5 Å². The van der Waals surface area contributed by atoms with Crippen LogP contribution in [-0.2, 0) is 4.79 Å². The van der Waals surface area contributed by atoms with Crippen LogP contribution in [0.5, 0.6) is 0 Å². The second-order valence-corrected chi connectivity index (χ2v) is 5.40. The van der Waals surface area contributed by atoms with Gasteiger partial charge in [-0.05, 0) is 32.1 Å². The Morgan fingerprint density at radius 3 is 2.17 bits per heavy atom. The van der Waals surface area contributed by atoms with Gasteiger partial charge in [0.2, 0.25) is 0 Å². The third kappa shape index (κ3) is 16.5. The number of aliphatic carboxylic acids is 1. The van der Waals surface area contributed by atoms with Gasteiger partial charge in [-0.2, -0.15) is 0 Å². The first-order valence-corrected chi connectivity index (χ1v) is 8.45. The molecule has 0 aromatic heterocycles. The van der Waals surface area contributed by atoms with Crippen LogP contribution in [0.1, 0.15) is 45.4 Å². The van der Waals surface area contributed by atoms with E-state index in [4.69, 9.17) is 5.11 Å². The summed E-state index contributed by atoms with van der Waals surface area (Å²) in [4.78, 5) is 10.3. The number of hydrogen-bond acceptors (Lipinski definition) is 3. The first-order valence-electron chi connectivity index (χ1n) is 8.45. The molecule has 0 aliphatic rings. The third-order valence-corrected chi connectivity index (χ3v) is 3.11. The molecule has 0 radical (unpaired) electrons. The monoisotopic (exact) mass is 334 g/mol. The van der Waals surface area contributed by atoms with Crippen molar-refractivity contribution in [3.8, 4) is 0 Å². The largest absolute Gasteiger partial charge is 0.481 e. The van der Waals surface area contributed by atoms with Gasteiger partial charge in [0.25, 0.3) is 0 Å². The molecule has 0 aliphatic heterocycles. The highest BCUT2D eigenvalue weighted by molar-refractivity contribution is 5.66. The van der Waals surface area contributed by atoms with Gasteiger partial charge in [0, 0.05) is 6.42 Å². The molecule has 2 atom stereocenters. The van der Waals surface area contributed by atoms with Crippen LogP contribution in [0.3, 0.4) is 0 Å². The normalized spacial score (nSPS) is 15.5. The van der Waals surface area contributed by atoms with Crippen LogP contribution >= 0.6 is 0 Å². The zero-order valence-electron chi connectivity index (χ0n) is 14.4. The molecule has 0 saturated carbocycles. The minimum absolute atomic E-state index is 0.0741. The highest BCUT2D eigenvalue weighted by Crippen LogP contribution is 2.02. The van der Waals surface area contributed by atoms with Gasteiger partial charge in [0.15, 0.2) is 0 Å². The summed E-state index contributed by atoms with van der Waals surface area (Å²) < 4.78 is 0. The summed E-state index contributed by atoms with van der Waals surface area (Å²) >= 11 is 0. The van der Waals surface area contributed by atoms with Gasteiger partial charge < -0.3 is 15.3 Å². The van der Waals surface area contributed by atoms with E-state index in [9.17, 15) is 15.0 Å². The zero-order valence-corrected chi connectivity index (χ0v) is 14.4. The molecular formula is C20H30O4. The molecule has 0 aromatic carbocycles. The van der Waals surface area contributed by atoms with Crippen LogP contribution in [0.2, 0.25) is 0 Å². The van der Waals surface area contributed by atoms with Gasteiger partial charge in [0.1, 0.15) is 0 Å². The molecule has 0 heterocycles. The van der Waals surface area contributed by atoms with Crippen molar-refractivity contribution in [2.75, 3.05) is 0 Å². The van der Waals surface area contributed by atoms with E-state index in [-0.39, 0.29) is 6.42 Å². The topological polar surface area (TPSA) is 77.8 Å². The fraction of sp³-hybridized carbons (Fsp3) is 0.450. The van der Waals surface area contributed by atoms with Crippen LogP contribution in [0.15, 0.2) is 60.8 Å².